The zero-order chi connectivity index (χ0) is 20.4. The standard InChI is InChI=1S/C23H20O6/c24-20(25)11-15-10-18-21(23(27)17-9-5-4-8-16(17)22(18)26)19(29-15)13-28-12-14-6-2-1-3-7-14/h1-9,15,19H,10-13H2,(H,24,25)/t15-,19+/m0/s1. The van der Waals surface area contributed by atoms with Crippen LogP contribution in [-0.4, -0.2) is 41.5 Å². The molecule has 0 spiro atoms. The van der Waals surface area contributed by atoms with Crippen molar-refractivity contribution in [2.24, 2.45) is 0 Å². The molecule has 2 aromatic carbocycles. The first-order valence-electron chi connectivity index (χ1n) is 9.45. The van der Waals surface area contributed by atoms with Gasteiger partial charge in [-0.05, 0) is 5.56 Å². The Balaban J connectivity index is 1.61. The Labute approximate surface area is 167 Å². The van der Waals surface area contributed by atoms with Crippen LogP contribution in [0.15, 0.2) is 65.7 Å². The van der Waals surface area contributed by atoms with Crippen LogP contribution < -0.4 is 0 Å². The molecular weight excluding hydrogens is 372 g/mol. The molecule has 1 aliphatic carbocycles. The molecule has 1 heterocycles. The van der Waals surface area contributed by atoms with Gasteiger partial charge in [-0.1, -0.05) is 54.6 Å². The van der Waals surface area contributed by atoms with E-state index in [1.165, 1.54) is 0 Å². The van der Waals surface area contributed by atoms with Gasteiger partial charge in [0.1, 0.15) is 6.10 Å². The maximum absolute atomic E-state index is 13.1. The maximum Gasteiger partial charge on any atom is 0.305 e. The molecule has 1 N–H and O–H groups in total. The van der Waals surface area contributed by atoms with Gasteiger partial charge in [-0.25, -0.2) is 0 Å². The van der Waals surface area contributed by atoms with Crippen molar-refractivity contribution < 1.29 is 29.0 Å². The molecule has 2 aromatic rings. The number of Topliss-reactive ketones (excluding diaryl/α,β-unsaturated/α-hetero) is 2. The molecule has 0 fully saturated rings. The number of carboxylic acid groups (broad SMARTS) is 1. The van der Waals surface area contributed by atoms with Gasteiger partial charge in [0.2, 0.25) is 0 Å². The van der Waals surface area contributed by atoms with Crippen LogP contribution in [0.4, 0.5) is 0 Å². The first kappa shape index (κ1) is 19.2. The molecule has 148 valence electrons. The summed E-state index contributed by atoms with van der Waals surface area (Å²) in [5.74, 6) is -1.50. The third kappa shape index (κ3) is 3.90. The van der Waals surface area contributed by atoms with Crippen LogP contribution in [-0.2, 0) is 20.9 Å². The number of carbonyl (C=O) groups is 3. The SMILES string of the molecule is O=C(O)C[C@@H]1CC2=C(C(=O)c3ccccc3C2=O)[C@@H](COCc2ccccc2)O1. The molecule has 0 amide bonds. The molecule has 6 heteroatoms. The molecule has 0 saturated heterocycles. The average Bonchev–Trinajstić information content (AvgIpc) is 2.72. The highest BCUT2D eigenvalue weighted by molar-refractivity contribution is 6.27. The lowest BCUT2D eigenvalue weighted by Gasteiger charge is -2.35. The van der Waals surface area contributed by atoms with Crippen molar-refractivity contribution in [1.82, 2.24) is 0 Å². The Bertz CT molecular complexity index is 991. The number of benzene rings is 2. The highest BCUT2D eigenvalue weighted by atomic mass is 16.5. The molecule has 2 atom stereocenters. The van der Waals surface area contributed by atoms with Gasteiger partial charge >= 0.3 is 5.97 Å². The molecule has 0 radical (unpaired) electrons. The van der Waals surface area contributed by atoms with Gasteiger partial charge in [-0.15, -0.1) is 0 Å². The first-order valence-corrected chi connectivity index (χ1v) is 9.45. The summed E-state index contributed by atoms with van der Waals surface area (Å²) < 4.78 is 11.7. The van der Waals surface area contributed by atoms with Crippen molar-refractivity contribution >= 4 is 17.5 Å². The zero-order valence-corrected chi connectivity index (χ0v) is 15.7. The smallest absolute Gasteiger partial charge is 0.305 e. The van der Waals surface area contributed by atoms with Crippen molar-refractivity contribution in [2.75, 3.05) is 6.61 Å². The van der Waals surface area contributed by atoms with Crippen LogP contribution in [0, 0.1) is 0 Å². The Morgan fingerprint density at radius 2 is 1.66 bits per heavy atom. The van der Waals surface area contributed by atoms with E-state index in [-0.39, 0.29) is 31.0 Å². The van der Waals surface area contributed by atoms with Crippen LogP contribution >= 0.6 is 0 Å². The molecule has 4 rings (SSSR count). The monoisotopic (exact) mass is 392 g/mol. The van der Waals surface area contributed by atoms with Gasteiger partial charge in [0.05, 0.1) is 25.7 Å². The number of ether oxygens (including phenoxy) is 2. The summed E-state index contributed by atoms with van der Waals surface area (Å²) >= 11 is 0. The molecule has 0 bridgehead atoms. The molecule has 0 aromatic heterocycles. The van der Waals surface area contributed by atoms with E-state index in [1.54, 1.807) is 24.3 Å². The zero-order valence-electron chi connectivity index (χ0n) is 15.7. The third-order valence-corrected chi connectivity index (χ3v) is 5.15. The Morgan fingerprint density at radius 1 is 1.00 bits per heavy atom. The summed E-state index contributed by atoms with van der Waals surface area (Å²) in [6, 6.07) is 16.2. The second kappa shape index (κ2) is 8.11. The minimum absolute atomic E-state index is 0.0605. The van der Waals surface area contributed by atoms with E-state index in [4.69, 9.17) is 14.6 Å². The van der Waals surface area contributed by atoms with Crippen LogP contribution in [0.1, 0.15) is 39.1 Å². The van der Waals surface area contributed by atoms with Crippen molar-refractivity contribution in [3.63, 3.8) is 0 Å². The number of carboxylic acids is 1. The van der Waals surface area contributed by atoms with Gasteiger partial charge in [-0.3, -0.25) is 14.4 Å². The van der Waals surface area contributed by atoms with Gasteiger partial charge in [0.15, 0.2) is 11.6 Å². The number of fused-ring (bicyclic) bond motifs is 1. The highest BCUT2D eigenvalue weighted by Gasteiger charge is 2.41. The van der Waals surface area contributed by atoms with E-state index in [1.807, 2.05) is 30.3 Å². The number of carbonyl (C=O) groups excluding carboxylic acids is 2. The summed E-state index contributed by atoms with van der Waals surface area (Å²) in [6.45, 7) is 0.386. The summed E-state index contributed by atoms with van der Waals surface area (Å²) in [5.41, 5.74) is 2.32. The number of aliphatic carboxylic acids is 1. The molecule has 0 unspecified atom stereocenters. The minimum Gasteiger partial charge on any atom is -0.481 e. The maximum atomic E-state index is 13.1. The van der Waals surface area contributed by atoms with Gasteiger partial charge in [0, 0.05) is 28.7 Å². The van der Waals surface area contributed by atoms with Crippen molar-refractivity contribution in [2.45, 2.75) is 31.7 Å². The van der Waals surface area contributed by atoms with Crippen molar-refractivity contribution in [3.05, 3.63) is 82.4 Å². The average molecular weight is 392 g/mol. The molecule has 29 heavy (non-hydrogen) atoms. The normalized spacial score (nSPS) is 21.0. The molecule has 2 aliphatic rings. The molecular formula is C23H20O6. The van der Waals surface area contributed by atoms with Crippen LogP contribution in [0.3, 0.4) is 0 Å². The fourth-order valence-electron chi connectivity index (χ4n) is 3.86. The Hall–Kier alpha value is -3.09. The fourth-order valence-corrected chi connectivity index (χ4v) is 3.86. The van der Waals surface area contributed by atoms with Crippen molar-refractivity contribution in [1.29, 1.82) is 0 Å². The molecule has 1 aliphatic heterocycles. The Kier molecular flexibility index (Phi) is 5.38. The lowest BCUT2D eigenvalue weighted by molar-refractivity contribution is -0.142. The molecule has 0 saturated carbocycles. The predicted molar refractivity (Wildman–Crippen MR) is 104 cm³/mol. The van der Waals surface area contributed by atoms with Crippen LogP contribution in [0.2, 0.25) is 0 Å². The van der Waals surface area contributed by atoms with Crippen LogP contribution in [0.25, 0.3) is 0 Å². The lowest BCUT2D eigenvalue weighted by Crippen LogP contribution is -2.41. The van der Waals surface area contributed by atoms with E-state index in [9.17, 15) is 14.4 Å². The number of rotatable bonds is 6. The van der Waals surface area contributed by atoms with Gasteiger partial charge in [-0.2, -0.15) is 0 Å². The highest BCUT2D eigenvalue weighted by Crippen LogP contribution is 2.36. The summed E-state index contributed by atoms with van der Waals surface area (Å²) in [5, 5.41) is 9.17. The van der Waals surface area contributed by atoms with Gasteiger partial charge < -0.3 is 14.6 Å². The topological polar surface area (TPSA) is 89.9 Å². The van der Waals surface area contributed by atoms with E-state index in [0.29, 0.717) is 28.9 Å². The second-order valence-electron chi connectivity index (χ2n) is 7.15. The number of hydrogen-bond donors (Lipinski definition) is 1. The first-order chi connectivity index (χ1) is 14.0. The quantitative estimate of drug-likeness (QED) is 0.812. The number of ketones is 2. The Morgan fingerprint density at radius 3 is 2.34 bits per heavy atom. The third-order valence-electron chi connectivity index (χ3n) is 5.15. The van der Waals surface area contributed by atoms with Crippen molar-refractivity contribution in [3.8, 4) is 0 Å². The fraction of sp³-hybridized carbons (Fsp3) is 0.261. The largest absolute Gasteiger partial charge is 0.481 e. The van der Waals surface area contributed by atoms with E-state index in [2.05, 4.69) is 0 Å². The van der Waals surface area contributed by atoms with E-state index >= 15 is 0 Å². The second-order valence-corrected chi connectivity index (χ2v) is 7.15. The van der Waals surface area contributed by atoms with Gasteiger partial charge in [0.25, 0.3) is 0 Å². The predicted octanol–water partition coefficient (Wildman–Crippen LogP) is 3.21. The molecule has 6 nitrogen and oxygen atoms in total. The summed E-state index contributed by atoms with van der Waals surface area (Å²) in [7, 11) is 0. The summed E-state index contributed by atoms with van der Waals surface area (Å²) in [4.78, 5) is 37.3. The van der Waals surface area contributed by atoms with Crippen LogP contribution in [0.5, 0.6) is 0 Å². The van der Waals surface area contributed by atoms with E-state index < -0.39 is 18.2 Å². The minimum atomic E-state index is -1.02. The number of hydrogen-bond acceptors (Lipinski definition) is 5. The summed E-state index contributed by atoms with van der Waals surface area (Å²) in [6.07, 6.45) is -1.60. The lowest BCUT2D eigenvalue weighted by atomic mass is 9.78. The van der Waals surface area contributed by atoms with E-state index in [0.717, 1.165) is 5.56 Å².